The highest BCUT2D eigenvalue weighted by atomic mass is 31.2. The number of rotatable bonds is 5. The molecule has 1 unspecified atom stereocenters. The van der Waals surface area contributed by atoms with Gasteiger partial charge in [0.05, 0.1) is 5.69 Å². The Morgan fingerprint density at radius 3 is 2.18 bits per heavy atom. The van der Waals surface area contributed by atoms with Crippen LogP contribution in [0.3, 0.4) is 0 Å². The molecule has 0 aliphatic carbocycles. The largest absolute Gasteiger partial charge is 0.341 e. The lowest BCUT2D eigenvalue weighted by Crippen LogP contribution is -2.43. The Kier molecular flexibility index (Phi) is 5.75. The minimum absolute atomic E-state index is 0.0824. The first kappa shape index (κ1) is 22.4. The summed E-state index contributed by atoms with van der Waals surface area (Å²) in [5, 5.41) is 8.47. The molecule has 4 aromatic rings. The second-order valence-electron chi connectivity index (χ2n) is 10.4. The van der Waals surface area contributed by atoms with E-state index in [1.54, 1.807) is 0 Å². The molecule has 4 heteroatoms. The summed E-state index contributed by atoms with van der Waals surface area (Å²) < 4.78 is 5.25. The lowest BCUT2D eigenvalue weighted by Gasteiger charge is -2.43. The van der Waals surface area contributed by atoms with Crippen LogP contribution in [-0.2, 0) is 6.54 Å². The van der Waals surface area contributed by atoms with Crippen LogP contribution in [0.15, 0.2) is 66.7 Å². The lowest BCUT2D eigenvalue weighted by atomic mass is 10.1. The molecule has 3 nitrogen and oxygen atoms in total. The van der Waals surface area contributed by atoms with Gasteiger partial charge in [0.25, 0.3) is 0 Å². The SMILES string of the molecule is CCn1c2ccccc2c2cc([P+](Nc3ccc(C)cc3)(N3CCCC3)C(C)(C)C)ccc21. The molecule has 172 valence electrons. The zero-order chi connectivity index (χ0) is 23.2. The van der Waals surface area contributed by atoms with Gasteiger partial charge in [-0.15, -0.1) is 0 Å². The summed E-state index contributed by atoms with van der Waals surface area (Å²) in [7, 11) is -1.92. The molecular weight excluding hydrogens is 421 g/mol. The van der Waals surface area contributed by atoms with Gasteiger partial charge in [0.15, 0.2) is 0 Å². The minimum Gasteiger partial charge on any atom is -0.341 e. The molecule has 1 atom stereocenters. The van der Waals surface area contributed by atoms with Crippen molar-refractivity contribution in [2.45, 2.75) is 59.2 Å². The Hall–Kier alpha value is -2.35. The van der Waals surface area contributed by atoms with Crippen LogP contribution >= 0.6 is 7.56 Å². The van der Waals surface area contributed by atoms with E-state index in [1.165, 1.54) is 64.3 Å². The van der Waals surface area contributed by atoms with Crippen molar-refractivity contribution in [2.75, 3.05) is 18.2 Å². The molecule has 1 aromatic heterocycles. The van der Waals surface area contributed by atoms with Gasteiger partial charge in [-0.2, -0.15) is 4.67 Å². The standard InChI is InChI=1S/C29H37N3P/c1-6-32-27-12-8-7-11-25(27)26-21-24(17-18-28(26)32)33(29(3,4)5,31-19-9-10-20-31)30-23-15-13-22(2)14-16-23/h7-8,11-18,21,30H,6,9-10,19-20H2,1-5H3/q+1. The number of para-hydroxylation sites is 1. The maximum Gasteiger partial charge on any atom is 0.209 e. The quantitative estimate of drug-likeness (QED) is 0.311. The molecule has 5 rings (SSSR count). The van der Waals surface area contributed by atoms with Gasteiger partial charge < -0.3 is 4.57 Å². The number of nitrogens with one attached hydrogen (secondary N) is 1. The van der Waals surface area contributed by atoms with Crippen molar-refractivity contribution in [3.8, 4) is 0 Å². The van der Waals surface area contributed by atoms with E-state index >= 15 is 0 Å². The van der Waals surface area contributed by atoms with Crippen LogP contribution in [-0.4, -0.2) is 27.5 Å². The van der Waals surface area contributed by atoms with E-state index in [9.17, 15) is 0 Å². The first-order valence-electron chi connectivity index (χ1n) is 12.4. The van der Waals surface area contributed by atoms with Crippen molar-refractivity contribution in [2.24, 2.45) is 0 Å². The number of hydrogen-bond donors (Lipinski definition) is 1. The maximum absolute atomic E-state index is 4.18. The van der Waals surface area contributed by atoms with Crippen LogP contribution in [0.2, 0.25) is 0 Å². The van der Waals surface area contributed by atoms with Crippen molar-refractivity contribution in [3.05, 3.63) is 72.3 Å². The normalized spacial score (nSPS) is 17.0. The molecule has 0 saturated carbocycles. The van der Waals surface area contributed by atoms with Gasteiger partial charge in [-0.25, -0.2) is 5.09 Å². The molecule has 1 saturated heterocycles. The van der Waals surface area contributed by atoms with Crippen LogP contribution in [0.25, 0.3) is 21.8 Å². The topological polar surface area (TPSA) is 20.2 Å². The van der Waals surface area contributed by atoms with Crippen LogP contribution < -0.4 is 10.4 Å². The number of benzene rings is 3. The smallest absolute Gasteiger partial charge is 0.209 e. The molecule has 1 fully saturated rings. The first-order valence-corrected chi connectivity index (χ1v) is 14.1. The molecule has 1 N–H and O–H groups in total. The fraction of sp³-hybridized carbons (Fsp3) is 0.379. The van der Waals surface area contributed by atoms with Crippen molar-refractivity contribution in [1.82, 2.24) is 9.24 Å². The highest BCUT2D eigenvalue weighted by Crippen LogP contribution is 2.70. The van der Waals surface area contributed by atoms with E-state index in [1.807, 2.05) is 0 Å². The van der Waals surface area contributed by atoms with E-state index in [-0.39, 0.29) is 5.16 Å². The number of hydrogen-bond acceptors (Lipinski definition) is 2. The minimum atomic E-state index is -1.92. The number of aryl methyl sites for hydroxylation is 2. The fourth-order valence-corrected chi connectivity index (χ4v) is 10.2. The molecular formula is C29H37N3P+. The van der Waals surface area contributed by atoms with Crippen molar-refractivity contribution < 1.29 is 0 Å². The number of anilines is 1. The van der Waals surface area contributed by atoms with E-state index in [0.29, 0.717) is 0 Å². The molecule has 33 heavy (non-hydrogen) atoms. The summed E-state index contributed by atoms with van der Waals surface area (Å²) in [6.45, 7) is 15.0. The third-order valence-electron chi connectivity index (χ3n) is 7.27. The molecule has 0 bridgehead atoms. The summed E-state index contributed by atoms with van der Waals surface area (Å²) in [6, 6.07) is 25.2. The van der Waals surface area contributed by atoms with Gasteiger partial charge in [-0.1, -0.05) is 35.9 Å². The van der Waals surface area contributed by atoms with Crippen LogP contribution in [0, 0.1) is 6.92 Å². The Morgan fingerprint density at radius 2 is 1.52 bits per heavy atom. The highest BCUT2D eigenvalue weighted by Gasteiger charge is 2.58. The molecule has 0 spiro atoms. The Bertz CT molecular complexity index is 1280. The maximum atomic E-state index is 4.18. The second kappa shape index (κ2) is 8.46. The second-order valence-corrected chi connectivity index (χ2v) is 14.3. The van der Waals surface area contributed by atoms with E-state index in [0.717, 1.165) is 6.54 Å². The highest BCUT2D eigenvalue weighted by molar-refractivity contribution is 7.83. The monoisotopic (exact) mass is 458 g/mol. The Balaban J connectivity index is 1.76. The van der Waals surface area contributed by atoms with Gasteiger partial charge in [-0.3, -0.25) is 0 Å². The first-order chi connectivity index (χ1) is 15.8. The Morgan fingerprint density at radius 1 is 0.848 bits per heavy atom. The lowest BCUT2D eigenvalue weighted by molar-refractivity contribution is 0.534. The summed E-state index contributed by atoms with van der Waals surface area (Å²) in [5.74, 6) is 0. The molecule has 2 heterocycles. The summed E-state index contributed by atoms with van der Waals surface area (Å²) in [5.41, 5.74) is 5.20. The zero-order valence-electron chi connectivity index (χ0n) is 20.7. The van der Waals surface area contributed by atoms with Gasteiger partial charge in [-0.05, 0) is 83.9 Å². The predicted molar refractivity (Wildman–Crippen MR) is 147 cm³/mol. The van der Waals surface area contributed by atoms with Gasteiger partial charge >= 0.3 is 0 Å². The van der Waals surface area contributed by atoms with Crippen LogP contribution in [0.1, 0.15) is 46.1 Å². The molecule has 0 radical (unpaired) electrons. The summed E-state index contributed by atoms with van der Waals surface area (Å²) >= 11 is 0. The zero-order valence-corrected chi connectivity index (χ0v) is 21.6. The third kappa shape index (κ3) is 3.66. The Labute approximate surface area is 199 Å². The number of aromatic nitrogens is 1. The fourth-order valence-electron chi connectivity index (χ4n) is 5.68. The molecule has 3 aromatic carbocycles. The predicted octanol–water partition coefficient (Wildman–Crippen LogP) is 7.60. The van der Waals surface area contributed by atoms with E-state index < -0.39 is 7.56 Å². The third-order valence-corrected chi connectivity index (χ3v) is 12.1. The van der Waals surface area contributed by atoms with Gasteiger partial charge in [0.2, 0.25) is 7.56 Å². The van der Waals surface area contributed by atoms with Gasteiger partial charge in [0, 0.05) is 41.4 Å². The number of fused-ring (bicyclic) bond motifs is 3. The van der Waals surface area contributed by atoms with E-state index in [2.05, 4.69) is 116 Å². The van der Waals surface area contributed by atoms with Crippen molar-refractivity contribution in [3.63, 3.8) is 0 Å². The van der Waals surface area contributed by atoms with Crippen LogP contribution in [0.5, 0.6) is 0 Å². The molecule has 0 amide bonds. The van der Waals surface area contributed by atoms with Gasteiger partial charge in [0.1, 0.15) is 10.5 Å². The average Bonchev–Trinajstić information content (AvgIpc) is 3.44. The van der Waals surface area contributed by atoms with Crippen molar-refractivity contribution >= 4 is 40.4 Å². The summed E-state index contributed by atoms with van der Waals surface area (Å²) in [4.78, 5) is 0. The van der Waals surface area contributed by atoms with E-state index in [4.69, 9.17) is 0 Å². The number of nitrogens with zero attached hydrogens (tertiary/aromatic N) is 2. The van der Waals surface area contributed by atoms with Crippen LogP contribution in [0.4, 0.5) is 5.69 Å². The average molecular weight is 459 g/mol. The summed E-state index contributed by atoms with van der Waals surface area (Å²) in [6.07, 6.45) is 2.57. The molecule has 1 aliphatic rings. The van der Waals surface area contributed by atoms with Crippen molar-refractivity contribution in [1.29, 1.82) is 0 Å². The molecule has 1 aliphatic heterocycles.